The highest BCUT2D eigenvalue weighted by Gasteiger charge is 2.36. The highest BCUT2D eigenvalue weighted by molar-refractivity contribution is 5.98. The van der Waals surface area contributed by atoms with E-state index < -0.39 is 127 Å². The van der Waals surface area contributed by atoms with E-state index in [1.807, 2.05) is 5.32 Å². The molecule has 3 aromatic rings. The maximum atomic E-state index is 14.3. The monoisotopic (exact) mass is 1010 g/mol. The normalized spacial score (nSPS) is 16.3. The number of benzene rings is 1. The number of H-pyrrole nitrogens is 2. The summed E-state index contributed by atoms with van der Waals surface area (Å²) < 4.78 is 0. The summed E-state index contributed by atoms with van der Waals surface area (Å²) in [4.78, 5) is 137. The fourth-order valence-corrected chi connectivity index (χ4v) is 7.55. The summed E-state index contributed by atoms with van der Waals surface area (Å²) in [5, 5.41) is 57.9. The predicted molar refractivity (Wildman–Crippen MR) is 257 cm³/mol. The average molecular weight is 1010 g/mol. The molecular formula is C46H68N12O14. The molecule has 26 nitrogen and oxygen atoms in total. The summed E-state index contributed by atoms with van der Waals surface area (Å²) in [5.74, 6) is -10.0. The molecule has 9 unspecified atom stereocenters. The minimum atomic E-state index is -1.78. The largest absolute Gasteiger partial charge is 0.481 e. The van der Waals surface area contributed by atoms with Crippen LogP contribution in [0.15, 0.2) is 43.0 Å². The van der Waals surface area contributed by atoms with Crippen molar-refractivity contribution in [3.63, 3.8) is 0 Å². The summed E-state index contributed by atoms with van der Waals surface area (Å²) in [6.45, 7) is 5.99. The molecule has 0 spiro atoms. The molecule has 0 aliphatic carbocycles. The van der Waals surface area contributed by atoms with Gasteiger partial charge in [-0.05, 0) is 69.7 Å². The maximum Gasteiger partial charge on any atom is 0.326 e. The Bertz CT molecular complexity index is 2310. The van der Waals surface area contributed by atoms with Crippen LogP contribution in [-0.4, -0.2) is 163 Å². The van der Waals surface area contributed by atoms with Gasteiger partial charge in [0.2, 0.25) is 41.4 Å². The van der Waals surface area contributed by atoms with Crippen LogP contribution >= 0.6 is 0 Å². The third-order valence-electron chi connectivity index (χ3n) is 11.6. The quantitative estimate of drug-likeness (QED) is 0.0339. The van der Waals surface area contributed by atoms with Crippen LogP contribution in [0.25, 0.3) is 10.9 Å². The summed E-state index contributed by atoms with van der Waals surface area (Å²) in [7, 11) is 0. The number of nitrogens with zero attached hydrogens (tertiary/aromatic N) is 1. The van der Waals surface area contributed by atoms with Gasteiger partial charge in [-0.3, -0.25) is 43.2 Å². The lowest BCUT2D eigenvalue weighted by atomic mass is 9.96. The van der Waals surface area contributed by atoms with Gasteiger partial charge in [0.05, 0.1) is 31.4 Å². The molecule has 72 heavy (non-hydrogen) atoms. The Morgan fingerprint density at radius 3 is 2.01 bits per heavy atom. The van der Waals surface area contributed by atoms with Gasteiger partial charge >= 0.3 is 11.9 Å². The van der Waals surface area contributed by atoms with Crippen LogP contribution in [0, 0.1) is 5.92 Å². The third-order valence-corrected chi connectivity index (χ3v) is 11.6. The number of aliphatic hydroxyl groups is 1. The lowest BCUT2D eigenvalue weighted by molar-refractivity contribution is -0.147. The van der Waals surface area contributed by atoms with Crippen LogP contribution in [0.3, 0.4) is 0 Å². The molecule has 2 aromatic heterocycles. The van der Waals surface area contributed by atoms with E-state index in [0.717, 1.165) is 24.2 Å². The van der Waals surface area contributed by atoms with Crippen molar-refractivity contribution in [3.05, 3.63) is 54.2 Å². The second-order valence-electron chi connectivity index (χ2n) is 17.4. The molecule has 396 valence electrons. The molecule has 3 heterocycles. The maximum absolute atomic E-state index is 14.3. The summed E-state index contributed by atoms with van der Waals surface area (Å²) in [6, 6.07) is -1.90. The first-order chi connectivity index (χ1) is 34.1. The lowest BCUT2D eigenvalue weighted by Crippen LogP contribution is -2.62. The molecule has 26 heteroatoms. The highest BCUT2D eigenvalue weighted by Crippen LogP contribution is 2.20. The fraction of sp³-hybridized carbons (Fsp3) is 0.543. The summed E-state index contributed by atoms with van der Waals surface area (Å²) >= 11 is 0. The Kier molecular flexibility index (Phi) is 24.3. The number of carbonyl (C=O) groups excluding carboxylic acids is 7. The van der Waals surface area contributed by atoms with Crippen molar-refractivity contribution in [2.75, 3.05) is 19.6 Å². The standard InChI is InChI=1S/C44H64N12O12.C2H4O2/c1-4-23(2)36(55-41(64)32(17-26-20-46-22-50-26)54-43(66)37(24(3)57)56-39(62)29-13-9-15-47-29)42(65)52-30(12-7-8-14-45)40(63)53-31(16-25-19-48-28-11-6-5-10-27(25)28)38(61)49-21-34(58)51-33(44(67)68)18-35(59)60;1-2(3)4/h5-6,10-11,19-20,22-24,29-33,36-37,47-48,57H,4,7-9,12-18,21,45H2,1-3H3,(H,46,50)(H,49,61)(H,51,58)(H,52,65)(H,53,63)(H,54,66)(H,55,64)(H,56,62)(H,59,60)(H,67,68);1H3,(H,3,4). The molecule has 1 saturated heterocycles. The number of hydrogen-bond donors (Lipinski definition) is 15. The molecule has 9 atom stereocenters. The minimum absolute atomic E-state index is 0.0429. The number of rotatable bonds is 28. The number of carbonyl (C=O) groups is 10. The van der Waals surface area contributed by atoms with Gasteiger partial charge in [-0.2, -0.15) is 0 Å². The molecule has 7 amide bonds. The number of carboxylic acid groups (broad SMARTS) is 3. The number of fused-ring (bicyclic) bond motifs is 1. The second kappa shape index (κ2) is 29.7. The zero-order valence-electron chi connectivity index (χ0n) is 40.6. The zero-order valence-corrected chi connectivity index (χ0v) is 40.6. The molecule has 0 saturated carbocycles. The number of hydrogen-bond acceptors (Lipinski definition) is 14. The smallest absolute Gasteiger partial charge is 0.326 e. The van der Waals surface area contributed by atoms with Crippen LogP contribution in [0.1, 0.15) is 83.9 Å². The van der Waals surface area contributed by atoms with E-state index in [2.05, 4.69) is 52.2 Å². The van der Waals surface area contributed by atoms with E-state index in [-0.39, 0.29) is 25.8 Å². The third kappa shape index (κ3) is 19.4. The Hall–Kier alpha value is -7.45. The number of aliphatic hydroxyl groups excluding tert-OH is 1. The number of unbranched alkanes of at least 4 members (excludes halogenated alkanes) is 1. The van der Waals surface area contributed by atoms with Crippen molar-refractivity contribution in [2.24, 2.45) is 11.7 Å². The SMILES string of the molecule is CC(=O)O.CCC(C)C(NC(=O)C(Cc1cnc[nH]1)NC(=O)C(NC(=O)C1CCCN1)C(C)O)C(=O)NC(CCCCN)C(=O)NC(Cc1c[nH]c2ccccc12)C(=O)NCC(=O)NC(CC(=O)O)C(=O)O. The van der Waals surface area contributed by atoms with Gasteiger partial charge in [-0.15, -0.1) is 0 Å². The molecule has 1 aromatic carbocycles. The van der Waals surface area contributed by atoms with Crippen LogP contribution in [0.4, 0.5) is 0 Å². The average Bonchev–Trinajstić information content (AvgIpc) is 4.14. The number of nitrogens with one attached hydrogen (secondary N) is 10. The van der Waals surface area contributed by atoms with Crippen molar-refractivity contribution in [2.45, 2.75) is 134 Å². The number of carboxylic acids is 3. The highest BCUT2D eigenvalue weighted by atomic mass is 16.4. The van der Waals surface area contributed by atoms with Crippen molar-refractivity contribution < 1.29 is 68.4 Å². The second-order valence-corrected chi connectivity index (χ2v) is 17.4. The van der Waals surface area contributed by atoms with Gasteiger partial charge in [-0.1, -0.05) is 38.5 Å². The molecule has 1 aliphatic heterocycles. The van der Waals surface area contributed by atoms with Crippen LogP contribution < -0.4 is 48.3 Å². The molecule has 4 rings (SSSR count). The molecule has 16 N–H and O–H groups in total. The van der Waals surface area contributed by atoms with E-state index in [1.165, 1.54) is 19.4 Å². The Morgan fingerprint density at radius 2 is 1.42 bits per heavy atom. The number of aliphatic carboxylic acids is 3. The number of nitrogens with two attached hydrogens (primary N) is 1. The van der Waals surface area contributed by atoms with Gasteiger partial charge in [-0.25, -0.2) is 9.78 Å². The Labute approximate surface area is 414 Å². The first-order valence-electron chi connectivity index (χ1n) is 23.5. The number of aromatic amines is 2. The minimum Gasteiger partial charge on any atom is -0.481 e. The number of para-hydroxylation sites is 1. The van der Waals surface area contributed by atoms with Crippen LogP contribution in [0.5, 0.6) is 0 Å². The van der Waals surface area contributed by atoms with E-state index in [0.29, 0.717) is 43.5 Å². The van der Waals surface area contributed by atoms with Gasteiger partial charge in [0, 0.05) is 48.8 Å². The molecule has 1 aliphatic rings. The van der Waals surface area contributed by atoms with Gasteiger partial charge < -0.3 is 78.7 Å². The molecular weight excluding hydrogens is 945 g/mol. The van der Waals surface area contributed by atoms with E-state index in [9.17, 15) is 53.4 Å². The lowest BCUT2D eigenvalue weighted by Gasteiger charge is -2.30. The number of imidazole rings is 1. The topological polar surface area (TPSA) is 418 Å². The van der Waals surface area contributed by atoms with Gasteiger partial charge in [0.25, 0.3) is 5.97 Å². The number of aromatic nitrogens is 3. The molecule has 0 bridgehead atoms. The van der Waals surface area contributed by atoms with Crippen molar-refractivity contribution in [1.29, 1.82) is 0 Å². The first-order valence-corrected chi connectivity index (χ1v) is 23.5. The Balaban J connectivity index is 0.00000329. The van der Waals surface area contributed by atoms with E-state index >= 15 is 0 Å². The summed E-state index contributed by atoms with van der Waals surface area (Å²) in [5.41, 5.74) is 7.53. The van der Waals surface area contributed by atoms with Crippen LogP contribution in [0.2, 0.25) is 0 Å². The number of amides is 7. The van der Waals surface area contributed by atoms with Crippen LogP contribution in [-0.2, 0) is 60.8 Å². The molecule has 0 radical (unpaired) electrons. The molecule has 1 fully saturated rings. The van der Waals surface area contributed by atoms with Gasteiger partial charge in [0.15, 0.2) is 0 Å². The van der Waals surface area contributed by atoms with Gasteiger partial charge in [0.1, 0.15) is 36.3 Å². The van der Waals surface area contributed by atoms with Crippen molar-refractivity contribution >= 4 is 70.2 Å². The Morgan fingerprint density at radius 1 is 0.778 bits per heavy atom. The zero-order chi connectivity index (χ0) is 53.5. The van der Waals surface area contributed by atoms with Crippen molar-refractivity contribution in [3.8, 4) is 0 Å². The first kappa shape index (κ1) is 58.9. The van der Waals surface area contributed by atoms with E-state index in [4.69, 9.17) is 20.7 Å². The van der Waals surface area contributed by atoms with E-state index in [1.54, 1.807) is 44.3 Å². The van der Waals surface area contributed by atoms with Crippen molar-refractivity contribution in [1.82, 2.24) is 57.5 Å². The predicted octanol–water partition coefficient (Wildman–Crippen LogP) is -2.34. The fourth-order valence-electron chi connectivity index (χ4n) is 7.55. The summed E-state index contributed by atoms with van der Waals surface area (Å²) in [6.07, 6.45) is 4.45.